The van der Waals surface area contributed by atoms with E-state index in [9.17, 15) is 14.7 Å². The van der Waals surface area contributed by atoms with Gasteiger partial charge in [-0.1, -0.05) is 30.3 Å². The van der Waals surface area contributed by atoms with Gasteiger partial charge in [0.25, 0.3) is 0 Å². The lowest BCUT2D eigenvalue weighted by Gasteiger charge is -2.08. The zero-order chi connectivity index (χ0) is 17.4. The molecule has 0 saturated carbocycles. The molecule has 0 fully saturated rings. The first-order valence-electron chi connectivity index (χ1n) is 7.56. The summed E-state index contributed by atoms with van der Waals surface area (Å²) in [5.41, 5.74) is 1.63. The Labute approximate surface area is 140 Å². The second-order valence-electron chi connectivity index (χ2n) is 5.18. The van der Waals surface area contributed by atoms with E-state index in [1.807, 2.05) is 30.3 Å². The third-order valence-electron chi connectivity index (χ3n) is 3.39. The van der Waals surface area contributed by atoms with Gasteiger partial charge in [0.15, 0.2) is 0 Å². The maximum Gasteiger partial charge on any atom is 0.341 e. The van der Waals surface area contributed by atoms with E-state index in [0.717, 1.165) is 5.56 Å². The molecule has 6 nitrogen and oxygen atoms in total. The van der Waals surface area contributed by atoms with Crippen LogP contribution >= 0.6 is 0 Å². The zero-order valence-electron chi connectivity index (χ0n) is 13.4. The molecule has 0 aromatic heterocycles. The number of methoxy groups -OCH3 is 1. The average Bonchev–Trinajstić information content (AvgIpc) is 2.59. The molecule has 2 aromatic rings. The van der Waals surface area contributed by atoms with Crippen molar-refractivity contribution in [2.24, 2.45) is 0 Å². The molecule has 3 N–H and O–H groups in total. The van der Waals surface area contributed by atoms with Crippen LogP contribution in [0, 0.1) is 0 Å². The van der Waals surface area contributed by atoms with E-state index in [4.69, 9.17) is 0 Å². The molecule has 0 atom stereocenters. The molecule has 126 valence electrons. The Kier molecular flexibility index (Phi) is 6.33. The van der Waals surface area contributed by atoms with E-state index in [0.29, 0.717) is 25.2 Å². The van der Waals surface area contributed by atoms with Crippen molar-refractivity contribution in [3.63, 3.8) is 0 Å². The van der Waals surface area contributed by atoms with Crippen LogP contribution in [0.25, 0.3) is 0 Å². The third-order valence-corrected chi connectivity index (χ3v) is 3.39. The van der Waals surface area contributed by atoms with Crippen LogP contribution in [-0.2, 0) is 16.1 Å². The maximum atomic E-state index is 11.9. The molecule has 0 spiro atoms. The Morgan fingerprint density at radius 2 is 1.88 bits per heavy atom. The standard InChI is InChI=1S/C18H20N2O4/c1-24-18(23)15-8-7-14(11-16(15)21)20-17(22)9-10-19-12-13-5-3-2-4-6-13/h2-8,11,19,21H,9-10,12H2,1H3,(H,20,22). The Morgan fingerprint density at radius 3 is 2.54 bits per heavy atom. The highest BCUT2D eigenvalue weighted by molar-refractivity contribution is 5.95. The van der Waals surface area contributed by atoms with Crippen molar-refractivity contribution < 1.29 is 19.4 Å². The van der Waals surface area contributed by atoms with Crippen LogP contribution < -0.4 is 10.6 Å². The average molecular weight is 328 g/mol. The molecule has 0 saturated heterocycles. The second kappa shape index (κ2) is 8.69. The number of aromatic hydroxyl groups is 1. The van der Waals surface area contributed by atoms with Crippen molar-refractivity contribution in [2.75, 3.05) is 19.0 Å². The van der Waals surface area contributed by atoms with Crippen LogP contribution in [0.3, 0.4) is 0 Å². The molecule has 0 aliphatic heterocycles. The van der Waals surface area contributed by atoms with Gasteiger partial charge in [-0.25, -0.2) is 4.79 Å². The highest BCUT2D eigenvalue weighted by Gasteiger charge is 2.12. The Bertz CT molecular complexity index is 701. The normalized spacial score (nSPS) is 10.2. The van der Waals surface area contributed by atoms with Gasteiger partial charge in [0.05, 0.1) is 7.11 Å². The summed E-state index contributed by atoms with van der Waals surface area (Å²) < 4.78 is 4.55. The number of hydrogen-bond donors (Lipinski definition) is 3. The minimum absolute atomic E-state index is 0.0556. The molecule has 2 rings (SSSR count). The van der Waals surface area contributed by atoms with E-state index >= 15 is 0 Å². The molecule has 0 heterocycles. The largest absolute Gasteiger partial charge is 0.507 e. The maximum absolute atomic E-state index is 11.9. The molecule has 0 aliphatic carbocycles. The lowest BCUT2D eigenvalue weighted by molar-refractivity contribution is -0.116. The van der Waals surface area contributed by atoms with Gasteiger partial charge in [0.1, 0.15) is 11.3 Å². The zero-order valence-corrected chi connectivity index (χ0v) is 13.4. The monoisotopic (exact) mass is 328 g/mol. The molecule has 0 bridgehead atoms. The Morgan fingerprint density at radius 1 is 1.12 bits per heavy atom. The van der Waals surface area contributed by atoms with Gasteiger partial charge in [-0.15, -0.1) is 0 Å². The lowest BCUT2D eigenvalue weighted by atomic mass is 10.2. The van der Waals surface area contributed by atoms with Crippen LogP contribution in [0.5, 0.6) is 5.75 Å². The summed E-state index contributed by atoms with van der Waals surface area (Å²) >= 11 is 0. The number of nitrogens with one attached hydrogen (secondary N) is 2. The highest BCUT2D eigenvalue weighted by atomic mass is 16.5. The van der Waals surface area contributed by atoms with Crippen LogP contribution in [0.2, 0.25) is 0 Å². The van der Waals surface area contributed by atoms with E-state index in [1.54, 1.807) is 6.07 Å². The summed E-state index contributed by atoms with van der Waals surface area (Å²) in [5.74, 6) is -1.04. The van der Waals surface area contributed by atoms with E-state index in [-0.39, 0.29) is 17.2 Å². The van der Waals surface area contributed by atoms with Gasteiger partial charge >= 0.3 is 5.97 Å². The Balaban J connectivity index is 1.78. The smallest absolute Gasteiger partial charge is 0.341 e. The number of hydrogen-bond acceptors (Lipinski definition) is 5. The first kappa shape index (κ1) is 17.5. The molecule has 2 aromatic carbocycles. The number of phenolic OH excluding ortho intramolecular Hbond substituents is 1. The quantitative estimate of drug-likeness (QED) is 0.536. The number of carbonyl (C=O) groups is 2. The van der Waals surface area contributed by atoms with E-state index in [2.05, 4.69) is 15.4 Å². The van der Waals surface area contributed by atoms with Crippen LogP contribution in [0.4, 0.5) is 5.69 Å². The molecule has 1 amide bonds. The molecule has 0 radical (unpaired) electrons. The van der Waals surface area contributed by atoms with Crippen LogP contribution in [-0.4, -0.2) is 30.6 Å². The van der Waals surface area contributed by atoms with Crippen molar-refractivity contribution >= 4 is 17.6 Å². The predicted molar refractivity (Wildman–Crippen MR) is 90.8 cm³/mol. The molecular formula is C18H20N2O4. The van der Waals surface area contributed by atoms with Gasteiger partial charge in [-0.2, -0.15) is 0 Å². The summed E-state index contributed by atoms with van der Waals surface area (Å²) in [6, 6.07) is 14.2. The molecular weight excluding hydrogens is 308 g/mol. The minimum Gasteiger partial charge on any atom is -0.507 e. The van der Waals surface area contributed by atoms with E-state index in [1.165, 1.54) is 19.2 Å². The van der Waals surface area contributed by atoms with Crippen molar-refractivity contribution in [3.05, 3.63) is 59.7 Å². The first-order chi connectivity index (χ1) is 11.6. The topological polar surface area (TPSA) is 87.7 Å². The molecule has 0 aliphatic rings. The summed E-state index contributed by atoms with van der Waals surface area (Å²) in [5, 5.41) is 15.6. The second-order valence-corrected chi connectivity index (χ2v) is 5.18. The SMILES string of the molecule is COC(=O)c1ccc(NC(=O)CCNCc2ccccc2)cc1O. The van der Waals surface area contributed by atoms with Crippen LogP contribution in [0.1, 0.15) is 22.3 Å². The number of ether oxygens (including phenoxy) is 1. The van der Waals surface area contributed by atoms with Crippen molar-refractivity contribution in [3.8, 4) is 5.75 Å². The number of benzene rings is 2. The highest BCUT2D eigenvalue weighted by Crippen LogP contribution is 2.22. The fraction of sp³-hybridized carbons (Fsp3) is 0.222. The van der Waals surface area contributed by atoms with Gasteiger partial charge in [0, 0.05) is 31.3 Å². The van der Waals surface area contributed by atoms with Crippen molar-refractivity contribution in [1.29, 1.82) is 0 Å². The number of esters is 1. The molecule has 6 heteroatoms. The lowest BCUT2D eigenvalue weighted by Crippen LogP contribution is -2.21. The summed E-state index contributed by atoms with van der Waals surface area (Å²) in [6.45, 7) is 1.23. The number of carbonyl (C=O) groups excluding carboxylic acids is 2. The third kappa shape index (κ3) is 5.10. The molecule has 0 unspecified atom stereocenters. The summed E-state index contributed by atoms with van der Waals surface area (Å²) in [6.07, 6.45) is 0.298. The van der Waals surface area contributed by atoms with E-state index < -0.39 is 5.97 Å². The first-order valence-corrected chi connectivity index (χ1v) is 7.56. The van der Waals surface area contributed by atoms with Gasteiger partial charge < -0.3 is 20.5 Å². The summed E-state index contributed by atoms with van der Waals surface area (Å²) in [4.78, 5) is 23.3. The number of phenols is 1. The van der Waals surface area contributed by atoms with Crippen LogP contribution in [0.15, 0.2) is 48.5 Å². The molecule has 24 heavy (non-hydrogen) atoms. The van der Waals surface area contributed by atoms with Gasteiger partial charge in [0.2, 0.25) is 5.91 Å². The number of anilines is 1. The van der Waals surface area contributed by atoms with Gasteiger partial charge in [-0.3, -0.25) is 4.79 Å². The summed E-state index contributed by atoms with van der Waals surface area (Å²) in [7, 11) is 1.24. The fourth-order valence-corrected chi connectivity index (χ4v) is 2.15. The Hall–Kier alpha value is -2.86. The minimum atomic E-state index is -0.629. The van der Waals surface area contributed by atoms with Crippen molar-refractivity contribution in [2.45, 2.75) is 13.0 Å². The fourth-order valence-electron chi connectivity index (χ4n) is 2.15. The van der Waals surface area contributed by atoms with Gasteiger partial charge in [-0.05, 0) is 17.7 Å². The number of rotatable bonds is 7. The number of amides is 1. The predicted octanol–water partition coefficient (Wildman–Crippen LogP) is 2.30. The van der Waals surface area contributed by atoms with Crippen molar-refractivity contribution in [1.82, 2.24) is 5.32 Å².